The predicted molar refractivity (Wildman–Crippen MR) is 89.9 cm³/mol. The van der Waals surface area contributed by atoms with Crippen LogP contribution in [-0.2, 0) is 6.54 Å². The highest BCUT2D eigenvalue weighted by Gasteiger charge is 2.12. The predicted octanol–water partition coefficient (Wildman–Crippen LogP) is 4.27. The van der Waals surface area contributed by atoms with Crippen LogP contribution in [0.5, 0.6) is 0 Å². The van der Waals surface area contributed by atoms with E-state index in [4.69, 9.17) is 0 Å². The maximum atomic E-state index is 3.98. The van der Waals surface area contributed by atoms with Gasteiger partial charge in [0.25, 0.3) is 0 Å². The molecule has 20 heavy (non-hydrogen) atoms. The van der Waals surface area contributed by atoms with Gasteiger partial charge in [-0.15, -0.1) is 0 Å². The average Bonchev–Trinajstić information content (AvgIpc) is 2.81. The van der Waals surface area contributed by atoms with E-state index >= 15 is 0 Å². The van der Waals surface area contributed by atoms with Crippen LogP contribution >= 0.6 is 0 Å². The van der Waals surface area contributed by atoms with Crippen molar-refractivity contribution >= 4 is 23.1 Å². The summed E-state index contributed by atoms with van der Waals surface area (Å²) in [6.07, 6.45) is 3.88. The van der Waals surface area contributed by atoms with Gasteiger partial charge in [0.15, 0.2) is 0 Å². The first-order valence-electron chi connectivity index (χ1n) is 7.35. The zero-order valence-electron chi connectivity index (χ0n) is 12.6. The molecule has 0 radical (unpaired) electrons. The average molecular weight is 268 g/mol. The highest BCUT2D eigenvalue weighted by Crippen LogP contribution is 2.28. The van der Waals surface area contributed by atoms with Crippen molar-refractivity contribution in [1.29, 1.82) is 0 Å². The lowest BCUT2D eigenvalue weighted by Gasteiger charge is -2.19. The highest BCUT2D eigenvalue weighted by atomic mass is 15.1. The molecule has 0 spiro atoms. The fraction of sp³-hybridized carbons (Fsp3) is 0.333. The molecule has 1 heterocycles. The van der Waals surface area contributed by atoms with Gasteiger partial charge in [0.05, 0.1) is 0 Å². The summed E-state index contributed by atoms with van der Waals surface area (Å²) in [7, 11) is 0. The minimum atomic E-state index is 0.984. The van der Waals surface area contributed by atoms with Gasteiger partial charge in [-0.1, -0.05) is 51.3 Å². The second-order valence-electron chi connectivity index (χ2n) is 4.90. The fourth-order valence-corrected chi connectivity index (χ4v) is 2.81. The number of nitrogens with zero attached hydrogens (tertiary/aromatic N) is 2. The molecule has 0 atom stereocenters. The Hall–Kier alpha value is -1.80. The van der Waals surface area contributed by atoms with Crippen molar-refractivity contribution in [2.45, 2.75) is 20.4 Å². The fourth-order valence-electron chi connectivity index (χ4n) is 2.81. The number of aromatic nitrogens is 1. The van der Waals surface area contributed by atoms with Gasteiger partial charge in [0.1, 0.15) is 0 Å². The van der Waals surface area contributed by atoms with Crippen molar-refractivity contribution in [2.24, 2.45) is 0 Å². The lowest BCUT2D eigenvalue weighted by molar-refractivity contribution is 0.292. The van der Waals surface area contributed by atoms with Gasteiger partial charge in [-0.25, -0.2) is 0 Å². The molecule has 0 aliphatic heterocycles. The van der Waals surface area contributed by atoms with Crippen LogP contribution in [0.2, 0.25) is 0 Å². The molecule has 0 fully saturated rings. The van der Waals surface area contributed by atoms with Crippen LogP contribution in [-0.4, -0.2) is 29.1 Å². The van der Waals surface area contributed by atoms with Crippen LogP contribution in [0, 0.1) is 0 Å². The van der Waals surface area contributed by atoms with Gasteiger partial charge >= 0.3 is 0 Å². The number of para-hydroxylation sites is 1. The SMILES string of the molecule is C=Cc1c(C=C)n(CCN(CC)CC)c2ccccc12. The van der Waals surface area contributed by atoms with Crippen molar-refractivity contribution in [3.05, 3.63) is 48.7 Å². The molecular weight excluding hydrogens is 244 g/mol. The Labute approximate surface area is 122 Å². The minimum Gasteiger partial charge on any atom is -0.339 e. The third kappa shape index (κ3) is 2.56. The molecule has 0 N–H and O–H groups in total. The molecule has 0 amide bonds. The number of hydrogen-bond donors (Lipinski definition) is 0. The topological polar surface area (TPSA) is 8.17 Å². The molecule has 0 saturated carbocycles. The first-order chi connectivity index (χ1) is 9.76. The summed E-state index contributed by atoms with van der Waals surface area (Å²) in [6, 6.07) is 8.51. The zero-order valence-corrected chi connectivity index (χ0v) is 12.6. The van der Waals surface area contributed by atoms with E-state index < -0.39 is 0 Å². The van der Waals surface area contributed by atoms with Gasteiger partial charge in [-0.3, -0.25) is 0 Å². The molecule has 1 aromatic carbocycles. The number of likely N-dealkylation sites (N-methyl/N-ethyl adjacent to an activating group) is 1. The van der Waals surface area contributed by atoms with Gasteiger partial charge in [0.2, 0.25) is 0 Å². The van der Waals surface area contributed by atoms with E-state index in [1.165, 1.54) is 22.2 Å². The molecule has 106 valence electrons. The van der Waals surface area contributed by atoms with Gasteiger partial charge in [-0.2, -0.15) is 0 Å². The summed E-state index contributed by atoms with van der Waals surface area (Å²) in [4.78, 5) is 2.44. The largest absolute Gasteiger partial charge is 0.339 e. The van der Waals surface area contributed by atoms with E-state index in [2.05, 4.69) is 60.7 Å². The van der Waals surface area contributed by atoms with E-state index in [9.17, 15) is 0 Å². The summed E-state index contributed by atoms with van der Waals surface area (Å²) in [5.41, 5.74) is 3.63. The molecular formula is C18H24N2. The van der Waals surface area contributed by atoms with Crippen LogP contribution in [0.15, 0.2) is 37.4 Å². The van der Waals surface area contributed by atoms with Crippen LogP contribution < -0.4 is 0 Å². The van der Waals surface area contributed by atoms with Crippen LogP contribution in [0.4, 0.5) is 0 Å². The lowest BCUT2D eigenvalue weighted by Crippen LogP contribution is -2.27. The first-order valence-corrected chi connectivity index (χ1v) is 7.35. The standard InChI is InChI=1S/C18H24N2/c1-5-15-16-11-9-10-12-18(16)20(17(15)6-2)14-13-19(7-3)8-4/h5-6,9-12H,1-2,7-8,13-14H2,3-4H3. The summed E-state index contributed by atoms with van der Waals surface area (Å²) in [5, 5.41) is 1.26. The molecule has 0 aliphatic rings. The number of rotatable bonds is 7. The van der Waals surface area contributed by atoms with Gasteiger partial charge < -0.3 is 9.47 Å². The van der Waals surface area contributed by atoms with Crippen LogP contribution in [0.3, 0.4) is 0 Å². The maximum absolute atomic E-state index is 3.98. The molecule has 0 saturated heterocycles. The summed E-state index contributed by atoms with van der Waals surface area (Å²) < 4.78 is 2.36. The Morgan fingerprint density at radius 3 is 2.40 bits per heavy atom. The minimum absolute atomic E-state index is 0.984. The first kappa shape index (κ1) is 14.6. The number of hydrogen-bond acceptors (Lipinski definition) is 1. The van der Waals surface area contributed by atoms with Crippen LogP contribution in [0.25, 0.3) is 23.1 Å². The second kappa shape index (κ2) is 6.58. The third-order valence-corrected chi connectivity index (χ3v) is 3.98. The molecule has 2 heteroatoms. The molecule has 0 bridgehead atoms. The molecule has 2 rings (SSSR count). The van der Waals surface area contributed by atoms with Crippen molar-refractivity contribution < 1.29 is 0 Å². The quantitative estimate of drug-likeness (QED) is 0.728. The van der Waals surface area contributed by atoms with Crippen molar-refractivity contribution in [3.63, 3.8) is 0 Å². The van der Waals surface area contributed by atoms with Gasteiger partial charge in [-0.05, 0) is 25.2 Å². The van der Waals surface area contributed by atoms with Crippen LogP contribution in [0.1, 0.15) is 25.1 Å². The summed E-state index contributed by atoms with van der Waals surface area (Å²) in [5.74, 6) is 0. The molecule has 0 unspecified atom stereocenters. The van der Waals surface area contributed by atoms with E-state index in [0.29, 0.717) is 0 Å². The Bertz CT molecular complexity index is 603. The smallest absolute Gasteiger partial charge is 0.0491 e. The van der Waals surface area contributed by atoms with E-state index in [0.717, 1.165) is 26.2 Å². The van der Waals surface area contributed by atoms with E-state index in [1.54, 1.807) is 0 Å². The zero-order chi connectivity index (χ0) is 14.5. The number of fused-ring (bicyclic) bond motifs is 1. The Morgan fingerprint density at radius 1 is 1.10 bits per heavy atom. The number of benzene rings is 1. The van der Waals surface area contributed by atoms with Crippen molar-refractivity contribution in [1.82, 2.24) is 9.47 Å². The summed E-state index contributed by atoms with van der Waals surface area (Å²) >= 11 is 0. The summed E-state index contributed by atoms with van der Waals surface area (Å²) in [6.45, 7) is 16.6. The van der Waals surface area contributed by atoms with E-state index in [-0.39, 0.29) is 0 Å². The highest BCUT2D eigenvalue weighted by molar-refractivity contribution is 5.93. The van der Waals surface area contributed by atoms with E-state index in [1.807, 2.05) is 12.2 Å². The Morgan fingerprint density at radius 2 is 1.80 bits per heavy atom. The maximum Gasteiger partial charge on any atom is 0.0491 e. The second-order valence-corrected chi connectivity index (χ2v) is 4.90. The molecule has 0 aliphatic carbocycles. The normalized spacial score (nSPS) is 11.2. The van der Waals surface area contributed by atoms with Crippen molar-refractivity contribution in [3.8, 4) is 0 Å². The lowest BCUT2D eigenvalue weighted by atomic mass is 10.1. The van der Waals surface area contributed by atoms with Crippen molar-refractivity contribution in [2.75, 3.05) is 19.6 Å². The monoisotopic (exact) mass is 268 g/mol. The Balaban J connectivity index is 2.45. The molecule has 2 nitrogen and oxygen atoms in total. The Kier molecular flexibility index (Phi) is 4.80. The molecule has 1 aromatic heterocycles. The third-order valence-electron chi connectivity index (χ3n) is 3.98. The van der Waals surface area contributed by atoms with Gasteiger partial charge in [0, 0.05) is 35.2 Å². The molecule has 2 aromatic rings.